The van der Waals surface area contributed by atoms with E-state index in [1.165, 1.54) is 17.3 Å². The molecule has 0 saturated carbocycles. The topological polar surface area (TPSA) is 29.1 Å². The van der Waals surface area contributed by atoms with E-state index < -0.39 is 0 Å². The van der Waals surface area contributed by atoms with E-state index in [2.05, 4.69) is 38.2 Å². The molecule has 0 spiro atoms. The summed E-state index contributed by atoms with van der Waals surface area (Å²) >= 11 is 1.41. The van der Waals surface area contributed by atoms with Crippen molar-refractivity contribution >= 4 is 16.9 Å². The Balaban J connectivity index is 2.33. The van der Waals surface area contributed by atoms with Gasteiger partial charge in [0.25, 0.3) is 0 Å². The van der Waals surface area contributed by atoms with Crippen molar-refractivity contribution in [1.82, 2.24) is 5.32 Å². The summed E-state index contributed by atoms with van der Waals surface area (Å²) < 4.78 is 0. The van der Waals surface area contributed by atoms with Crippen LogP contribution in [0.25, 0.3) is 0 Å². The number of carbonyl (C=O) groups excluding carboxylic acids is 1. The molecule has 0 radical (unpaired) electrons. The molecule has 1 unspecified atom stereocenters. The minimum Gasteiger partial charge on any atom is -0.298 e. The van der Waals surface area contributed by atoms with Crippen LogP contribution in [0.4, 0.5) is 0 Å². The molecular weight excluding hydrogens is 218 g/mol. The van der Waals surface area contributed by atoms with Gasteiger partial charge in [0.05, 0.1) is 0 Å². The van der Waals surface area contributed by atoms with E-state index in [0.717, 1.165) is 11.3 Å². The number of carbonyl (C=O) groups is 1. The average Bonchev–Trinajstić information content (AvgIpc) is 2.21. The number of fused-ring (bicyclic) bond motifs is 1. The third kappa shape index (κ3) is 2.47. The highest BCUT2D eigenvalue weighted by atomic mass is 32.2. The molecule has 2 rings (SSSR count). The van der Waals surface area contributed by atoms with Crippen LogP contribution in [-0.4, -0.2) is 10.7 Å². The van der Waals surface area contributed by atoms with Gasteiger partial charge in [-0.2, -0.15) is 0 Å². The summed E-state index contributed by atoms with van der Waals surface area (Å²) in [6, 6.07) is 8.03. The highest BCUT2D eigenvalue weighted by molar-refractivity contribution is 8.13. The van der Waals surface area contributed by atoms with E-state index in [0.29, 0.717) is 0 Å². The number of benzene rings is 1. The highest BCUT2D eigenvalue weighted by Gasteiger charge is 2.30. The molecule has 3 heteroatoms. The van der Waals surface area contributed by atoms with Crippen molar-refractivity contribution in [3.63, 3.8) is 0 Å². The van der Waals surface area contributed by atoms with Gasteiger partial charge in [-0.15, -0.1) is 0 Å². The number of hydrogen-bond acceptors (Lipinski definition) is 3. The van der Waals surface area contributed by atoms with Crippen molar-refractivity contribution in [2.45, 2.75) is 38.1 Å². The fourth-order valence-corrected chi connectivity index (χ4v) is 2.79. The van der Waals surface area contributed by atoms with Crippen LogP contribution in [0, 0.1) is 0 Å². The third-order valence-corrected chi connectivity index (χ3v) is 3.52. The SMILES string of the molecule is CC(C)(C)NC1C(=O)SCc2ccccc21. The molecule has 0 bridgehead atoms. The van der Waals surface area contributed by atoms with Crippen LogP contribution in [0.15, 0.2) is 24.3 Å². The van der Waals surface area contributed by atoms with Gasteiger partial charge in [-0.25, -0.2) is 0 Å². The third-order valence-electron chi connectivity index (χ3n) is 2.55. The Labute approximate surface area is 101 Å². The van der Waals surface area contributed by atoms with Gasteiger partial charge < -0.3 is 0 Å². The molecule has 0 aliphatic carbocycles. The largest absolute Gasteiger partial charge is 0.298 e. The molecule has 2 nitrogen and oxygen atoms in total. The van der Waals surface area contributed by atoms with E-state index in [9.17, 15) is 4.79 Å². The van der Waals surface area contributed by atoms with Gasteiger partial charge in [0, 0.05) is 11.3 Å². The first kappa shape index (κ1) is 11.7. The van der Waals surface area contributed by atoms with Crippen LogP contribution in [0.2, 0.25) is 0 Å². The molecule has 0 fully saturated rings. The van der Waals surface area contributed by atoms with Gasteiger partial charge in [0.1, 0.15) is 6.04 Å². The maximum absolute atomic E-state index is 11.9. The lowest BCUT2D eigenvalue weighted by Crippen LogP contribution is -2.42. The van der Waals surface area contributed by atoms with Crippen molar-refractivity contribution in [3.05, 3.63) is 35.4 Å². The molecule has 1 aliphatic heterocycles. The Bertz CT molecular complexity index is 409. The number of rotatable bonds is 1. The lowest BCUT2D eigenvalue weighted by molar-refractivity contribution is -0.113. The number of hydrogen-bond donors (Lipinski definition) is 1. The Morgan fingerprint density at radius 3 is 2.69 bits per heavy atom. The first-order chi connectivity index (χ1) is 7.47. The van der Waals surface area contributed by atoms with Gasteiger partial charge in [-0.3, -0.25) is 10.1 Å². The van der Waals surface area contributed by atoms with E-state index in [-0.39, 0.29) is 16.7 Å². The quantitative estimate of drug-likeness (QED) is 0.811. The van der Waals surface area contributed by atoms with E-state index in [1.54, 1.807) is 0 Å². The fourth-order valence-electron chi connectivity index (χ4n) is 1.88. The van der Waals surface area contributed by atoms with Crippen molar-refractivity contribution in [2.24, 2.45) is 0 Å². The van der Waals surface area contributed by atoms with E-state index in [4.69, 9.17) is 0 Å². The molecular formula is C13H17NOS. The monoisotopic (exact) mass is 235 g/mol. The van der Waals surface area contributed by atoms with Gasteiger partial charge in [0.15, 0.2) is 0 Å². The van der Waals surface area contributed by atoms with Crippen LogP contribution in [0.5, 0.6) is 0 Å². The Morgan fingerprint density at radius 1 is 1.31 bits per heavy atom. The lowest BCUT2D eigenvalue weighted by atomic mass is 9.98. The standard InChI is InChI=1S/C13H17NOS/c1-13(2,3)14-11-10-7-5-4-6-9(10)8-16-12(11)15/h4-7,11,14H,8H2,1-3H3. The maximum Gasteiger partial charge on any atom is 0.210 e. The lowest BCUT2D eigenvalue weighted by Gasteiger charge is -2.31. The summed E-state index contributed by atoms with van der Waals surface area (Å²) in [5, 5.41) is 3.62. The van der Waals surface area contributed by atoms with Crippen molar-refractivity contribution in [1.29, 1.82) is 0 Å². The first-order valence-electron chi connectivity index (χ1n) is 5.49. The normalized spacial score (nSPS) is 20.7. The summed E-state index contributed by atoms with van der Waals surface area (Å²) in [5.74, 6) is 0.803. The predicted molar refractivity (Wildman–Crippen MR) is 68.4 cm³/mol. The van der Waals surface area contributed by atoms with Crippen LogP contribution in [0.3, 0.4) is 0 Å². The Kier molecular flexibility index (Phi) is 3.08. The smallest absolute Gasteiger partial charge is 0.210 e. The second-order valence-electron chi connectivity index (χ2n) is 5.13. The molecule has 0 aromatic heterocycles. The second kappa shape index (κ2) is 4.22. The van der Waals surface area contributed by atoms with Crippen molar-refractivity contribution in [3.8, 4) is 0 Å². The molecule has 1 aromatic rings. The van der Waals surface area contributed by atoms with E-state index in [1.807, 2.05) is 12.1 Å². The summed E-state index contributed by atoms with van der Waals surface area (Å²) in [6.45, 7) is 6.26. The van der Waals surface area contributed by atoms with Crippen LogP contribution in [-0.2, 0) is 10.5 Å². The van der Waals surface area contributed by atoms with Crippen LogP contribution < -0.4 is 5.32 Å². The first-order valence-corrected chi connectivity index (χ1v) is 6.48. The molecule has 0 saturated heterocycles. The van der Waals surface area contributed by atoms with Gasteiger partial charge in [0.2, 0.25) is 5.12 Å². The van der Waals surface area contributed by atoms with Gasteiger partial charge in [-0.05, 0) is 31.9 Å². The van der Waals surface area contributed by atoms with Crippen molar-refractivity contribution < 1.29 is 4.79 Å². The molecule has 86 valence electrons. The highest BCUT2D eigenvalue weighted by Crippen LogP contribution is 2.33. The van der Waals surface area contributed by atoms with Crippen molar-refractivity contribution in [2.75, 3.05) is 0 Å². The summed E-state index contributed by atoms with van der Waals surface area (Å²) in [7, 11) is 0. The molecule has 16 heavy (non-hydrogen) atoms. The molecule has 1 atom stereocenters. The Morgan fingerprint density at radius 2 is 2.00 bits per heavy atom. The minimum absolute atomic E-state index is 0.0503. The zero-order chi connectivity index (χ0) is 11.8. The fraction of sp³-hybridized carbons (Fsp3) is 0.462. The maximum atomic E-state index is 11.9. The zero-order valence-corrected chi connectivity index (χ0v) is 10.7. The van der Waals surface area contributed by atoms with E-state index >= 15 is 0 Å². The summed E-state index contributed by atoms with van der Waals surface area (Å²) in [4.78, 5) is 11.9. The number of nitrogens with one attached hydrogen (secondary N) is 1. The second-order valence-corrected chi connectivity index (χ2v) is 6.11. The molecule has 1 heterocycles. The molecule has 1 aromatic carbocycles. The minimum atomic E-state index is -0.157. The molecule has 1 aliphatic rings. The number of thioether (sulfide) groups is 1. The van der Waals surface area contributed by atoms with Crippen LogP contribution >= 0.6 is 11.8 Å². The average molecular weight is 235 g/mol. The zero-order valence-electron chi connectivity index (χ0n) is 9.91. The summed E-state index contributed by atoms with van der Waals surface area (Å²) in [5.41, 5.74) is 2.36. The van der Waals surface area contributed by atoms with Crippen LogP contribution in [0.1, 0.15) is 37.9 Å². The molecule has 1 N–H and O–H groups in total. The predicted octanol–water partition coefficient (Wildman–Crippen LogP) is 2.89. The summed E-state index contributed by atoms with van der Waals surface area (Å²) in [6.07, 6.45) is 0. The van der Waals surface area contributed by atoms with Gasteiger partial charge >= 0.3 is 0 Å². The Hall–Kier alpha value is -0.800. The molecule has 0 amide bonds. The van der Waals surface area contributed by atoms with Gasteiger partial charge in [-0.1, -0.05) is 36.0 Å².